The first-order valence-corrected chi connectivity index (χ1v) is 6.65. The van der Waals surface area contributed by atoms with Crippen molar-refractivity contribution in [2.75, 3.05) is 27.4 Å². The van der Waals surface area contributed by atoms with Crippen LogP contribution in [0.3, 0.4) is 0 Å². The smallest absolute Gasteiger partial charge is 0.339 e. The Bertz CT molecular complexity index is 537. The number of hydrogen-bond donors (Lipinski definition) is 0. The van der Waals surface area contributed by atoms with Crippen LogP contribution in [0, 0.1) is 0 Å². The molecule has 1 aliphatic heterocycles. The lowest BCUT2D eigenvalue weighted by Crippen LogP contribution is -2.17. The Balaban J connectivity index is 2.54. The Hall–Kier alpha value is -1.92. The van der Waals surface area contributed by atoms with Crippen LogP contribution in [0.5, 0.6) is 0 Å². The molecule has 1 aliphatic rings. The molecule has 2 rings (SSSR count). The molecule has 0 saturated heterocycles. The number of methoxy groups -OCH3 is 2. The highest BCUT2D eigenvalue weighted by Gasteiger charge is 2.24. The van der Waals surface area contributed by atoms with Crippen LogP contribution in [0.25, 0.3) is 0 Å². The van der Waals surface area contributed by atoms with E-state index in [1.807, 2.05) is 0 Å². The van der Waals surface area contributed by atoms with E-state index in [2.05, 4.69) is 0 Å². The maximum atomic E-state index is 12.0. The van der Waals surface area contributed by atoms with Crippen molar-refractivity contribution < 1.29 is 28.5 Å². The molecule has 1 aromatic rings. The fourth-order valence-corrected chi connectivity index (χ4v) is 2.21. The number of rotatable bonds is 2. The van der Waals surface area contributed by atoms with Gasteiger partial charge in [0.25, 0.3) is 0 Å². The maximum Gasteiger partial charge on any atom is 0.339 e. The van der Waals surface area contributed by atoms with Gasteiger partial charge in [-0.15, -0.1) is 0 Å². The maximum absolute atomic E-state index is 12.0. The first-order chi connectivity index (χ1) is 10.2. The minimum absolute atomic E-state index is 0.171. The average Bonchev–Trinajstić information content (AvgIpc) is 2.51. The Morgan fingerprint density at radius 1 is 1.00 bits per heavy atom. The molecule has 0 radical (unpaired) electrons. The highest BCUT2D eigenvalue weighted by atomic mass is 16.5. The first-order valence-electron chi connectivity index (χ1n) is 6.65. The Kier molecular flexibility index (Phi) is 5.30. The number of ether oxygens (including phenoxy) is 4. The van der Waals surface area contributed by atoms with Gasteiger partial charge < -0.3 is 18.9 Å². The third-order valence-electron chi connectivity index (χ3n) is 3.18. The fourth-order valence-electron chi connectivity index (χ4n) is 2.21. The van der Waals surface area contributed by atoms with E-state index in [4.69, 9.17) is 18.9 Å². The summed E-state index contributed by atoms with van der Waals surface area (Å²) < 4.78 is 20.5. The van der Waals surface area contributed by atoms with Crippen LogP contribution in [-0.2, 0) is 32.2 Å². The Morgan fingerprint density at radius 2 is 1.67 bits per heavy atom. The van der Waals surface area contributed by atoms with Crippen LogP contribution < -0.4 is 0 Å². The van der Waals surface area contributed by atoms with Crippen LogP contribution >= 0.6 is 0 Å². The van der Waals surface area contributed by atoms with Gasteiger partial charge in [0.2, 0.25) is 0 Å². The normalized spacial score (nSPS) is 15.1. The van der Waals surface area contributed by atoms with Gasteiger partial charge in [0, 0.05) is 13.2 Å². The molecule has 0 fully saturated rings. The second-order valence-corrected chi connectivity index (χ2v) is 4.62. The van der Waals surface area contributed by atoms with Gasteiger partial charge in [-0.2, -0.15) is 0 Å². The lowest BCUT2D eigenvalue weighted by molar-refractivity contribution is 0.0529. The molecule has 2 bridgehead atoms. The summed E-state index contributed by atoms with van der Waals surface area (Å²) in [5.74, 6) is -1.17. The third-order valence-corrected chi connectivity index (χ3v) is 3.18. The van der Waals surface area contributed by atoms with Gasteiger partial charge in [0.05, 0.1) is 38.6 Å². The molecule has 0 unspecified atom stereocenters. The lowest BCUT2D eigenvalue weighted by Gasteiger charge is -2.16. The second-order valence-electron chi connectivity index (χ2n) is 4.62. The molecule has 6 heteroatoms. The predicted octanol–water partition coefficient (Wildman–Crippen LogP) is 1.70. The molecule has 0 atom stereocenters. The summed E-state index contributed by atoms with van der Waals surface area (Å²) in [6.45, 7) is 1.72. The quantitative estimate of drug-likeness (QED) is 0.773. The van der Waals surface area contributed by atoms with Crippen molar-refractivity contribution in [2.24, 2.45) is 0 Å². The summed E-state index contributed by atoms with van der Waals surface area (Å²) in [5, 5.41) is 0. The molecule has 6 nitrogen and oxygen atoms in total. The molecule has 0 aromatic heterocycles. The molecule has 0 saturated carbocycles. The van der Waals surface area contributed by atoms with Crippen molar-refractivity contribution >= 4 is 11.9 Å². The standard InChI is InChI=1S/C15H18O6/c1-18-14(16)12-7-10-6-11(13(12)15(17)19-2)9-21-5-3-4-20-8-10/h6-7H,3-5,8-9H2,1-2H3. The third kappa shape index (κ3) is 3.59. The summed E-state index contributed by atoms with van der Waals surface area (Å²) in [7, 11) is 2.54. The van der Waals surface area contributed by atoms with E-state index in [1.165, 1.54) is 14.2 Å². The van der Waals surface area contributed by atoms with E-state index in [0.717, 1.165) is 12.0 Å². The lowest BCUT2D eigenvalue weighted by atomic mass is 9.97. The molecule has 0 aliphatic carbocycles. The number of carbonyl (C=O) groups excluding carboxylic acids is 2. The minimum Gasteiger partial charge on any atom is -0.465 e. The van der Waals surface area contributed by atoms with E-state index < -0.39 is 11.9 Å². The van der Waals surface area contributed by atoms with Crippen molar-refractivity contribution in [3.63, 3.8) is 0 Å². The Morgan fingerprint density at radius 3 is 2.33 bits per heavy atom. The Labute approximate surface area is 122 Å². The van der Waals surface area contributed by atoms with E-state index in [9.17, 15) is 9.59 Å². The van der Waals surface area contributed by atoms with Gasteiger partial charge >= 0.3 is 11.9 Å². The molecule has 0 N–H and O–H groups in total. The molecule has 0 spiro atoms. The van der Waals surface area contributed by atoms with Crippen LogP contribution in [0.1, 0.15) is 38.3 Å². The molecule has 1 aromatic carbocycles. The van der Waals surface area contributed by atoms with Gasteiger partial charge in [-0.05, 0) is 23.6 Å². The largest absolute Gasteiger partial charge is 0.465 e. The zero-order valence-electron chi connectivity index (χ0n) is 12.1. The zero-order chi connectivity index (χ0) is 15.2. The topological polar surface area (TPSA) is 71.1 Å². The monoisotopic (exact) mass is 294 g/mol. The minimum atomic E-state index is -0.587. The van der Waals surface area contributed by atoms with Crippen LogP contribution in [0.4, 0.5) is 0 Å². The van der Waals surface area contributed by atoms with Crippen molar-refractivity contribution in [1.82, 2.24) is 0 Å². The zero-order valence-corrected chi connectivity index (χ0v) is 12.1. The molecule has 0 amide bonds. The van der Waals surface area contributed by atoms with Gasteiger partial charge in [-0.3, -0.25) is 0 Å². The summed E-state index contributed by atoms with van der Waals surface area (Å²) >= 11 is 0. The van der Waals surface area contributed by atoms with Gasteiger partial charge in [0.15, 0.2) is 0 Å². The number of carbonyl (C=O) groups is 2. The van der Waals surface area contributed by atoms with Crippen molar-refractivity contribution in [2.45, 2.75) is 19.6 Å². The molecule has 1 heterocycles. The van der Waals surface area contributed by atoms with Gasteiger partial charge in [0.1, 0.15) is 0 Å². The van der Waals surface area contributed by atoms with E-state index >= 15 is 0 Å². The van der Waals surface area contributed by atoms with Crippen molar-refractivity contribution in [3.05, 3.63) is 34.4 Å². The highest BCUT2D eigenvalue weighted by Crippen LogP contribution is 2.22. The number of benzene rings is 1. The summed E-state index contributed by atoms with van der Waals surface area (Å²) in [6.07, 6.45) is 0.779. The van der Waals surface area contributed by atoms with E-state index in [0.29, 0.717) is 25.4 Å². The van der Waals surface area contributed by atoms with Gasteiger partial charge in [-0.1, -0.05) is 6.07 Å². The van der Waals surface area contributed by atoms with Crippen LogP contribution in [0.15, 0.2) is 12.1 Å². The highest BCUT2D eigenvalue weighted by molar-refractivity contribution is 6.04. The van der Waals surface area contributed by atoms with Gasteiger partial charge in [-0.25, -0.2) is 9.59 Å². The van der Waals surface area contributed by atoms with E-state index in [-0.39, 0.29) is 17.7 Å². The summed E-state index contributed by atoms with van der Waals surface area (Å²) in [6, 6.07) is 3.40. The first kappa shape index (κ1) is 15.5. The molecule has 114 valence electrons. The number of fused-ring (bicyclic) bond motifs is 2. The fraction of sp³-hybridized carbons (Fsp3) is 0.467. The molecular weight excluding hydrogens is 276 g/mol. The average molecular weight is 294 g/mol. The molecule has 21 heavy (non-hydrogen) atoms. The SMILES string of the molecule is COC(=O)c1cc2cc(c1C(=O)OC)COCCCOC2. The predicted molar refractivity (Wildman–Crippen MR) is 73.1 cm³/mol. The number of hydrogen-bond acceptors (Lipinski definition) is 6. The summed E-state index contributed by atoms with van der Waals surface area (Å²) in [4.78, 5) is 23.9. The van der Waals surface area contributed by atoms with E-state index in [1.54, 1.807) is 12.1 Å². The van der Waals surface area contributed by atoms with Crippen molar-refractivity contribution in [1.29, 1.82) is 0 Å². The van der Waals surface area contributed by atoms with Crippen LogP contribution in [0.2, 0.25) is 0 Å². The number of esters is 2. The van der Waals surface area contributed by atoms with Crippen LogP contribution in [-0.4, -0.2) is 39.4 Å². The second kappa shape index (κ2) is 7.19. The summed E-state index contributed by atoms with van der Waals surface area (Å²) in [5.41, 5.74) is 1.76. The van der Waals surface area contributed by atoms with Crippen molar-refractivity contribution in [3.8, 4) is 0 Å². The molecular formula is C15H18O6.